The second kappa shape index (κ2) is 5.88. The summed E-state index contributed by atoms with van der Waals surface area (Å²) in [5.74, 6) is -0.438. The number of anilines is 2. The van der Waals surface area contributed by atoms with E-state index in [0.29, 0.717) is 12.3 Å². The van der Waals surface area contributed by atoms with Crippen LogP contribution in [0.4, 0.5) is 15.8 Å². The van der Waals surface area contributed by atoms with Crippen molar-refractivity contribution in [3.05, 3.63) is 17.9 Å². The van der Waals surface area contributed by atoms with Crippen LogP contribution in [-0.2, 0) is 0 Å². The highest BCUT2D eigenvalue weighted by molar-refractivity contribution is 5.68. The molecular weight excluding hydrogens is 239 g/mol. The van der Waals surface area contributed by atoms with Crippen LogP contribution in [0.25, 0.3) is 0 Å². The largest absolute Gasteiger partial charge is 0.491 e. The van der Waals surface area contributed by atoms with E-state index in [1.54, 1.807) is 6.92 Å². The molecule has 5 N–H and O–H groups in total. The number of aliphatic hydroxyl groups excluding tert-OH is 1. The molecule has 1 rings (SSSR count). The molecule has 1 atom stereocenters. The van der Waals surface area contributed by atoms with E-state index in [2.05, 4.69) is 5.32 Å². The van der Waals surface area contributed by atoms with Gasteiger partial charge in [0.25, 0.3) is 0 Å². The molecule has 0 aliphatic heterocycles. The SMILES string of the molecule is CCOc1cc(NCC(C)(O)CO)c(N)cc1F. The fourth-order valence-corrected chi connectivity index (χ4v) is 1.33. The second-order valence-electron chi connectivity index (χ2n) is 4.31. The maximum absolute atomic E-state index is 13.4. The van der Waals surface area contributed by atoms with Crippen LogP contribution < -0.4 is 15.8 Å². The third-order valence-corrected chi connectivity index (χ3v) is 2.40. The Morgan fingerprint density at radius 1 is 1.50 bits per heavy atom. The van der Waals surface area contributed by atoms with Gasteiger partial charge in [-0.15, -0.1) is 0 Å². The van der Waals surface area contributed by atoms with E-state index in [-0.39, 0.29) is 24.6 Å². The summed E-state index contributed by atoms with van der Waals surface area (Å²) in [6, 6.07) is 2.59. The third kappa shape index (κ3) is 3.75. The Morgan fingerprint density at radius 3 is 2.72 bits per heavy atom. The zero-order valence-electron chi connectivity index (χ0n) is 10.5. The number of aliphatic hydroxyl groups is 2. The Morgan fingerprint density at radius 2 is 2.17 bits per heavy atom. The first-order valence-electron chi connectivity index (χ1n) is 5.68. The Bertz CT molecular complexity index is 411. The van der Waals surface area contributed by atoms with E-state index < -0.39 is 11.4 Å². The van der Waals surface area contributed by atoms with Gasteiger partial charge in [-0.1, -0.05) is 0 Å². The van der Waals surface area contributed by atoms with Crippen molar-refractivity contribution in [1.29, 1.82) is 0 Å². The molecule has 0 spiro atoms. The molecule has 0 aromatic heterocycles. The molecule has 1 aromatic carbocycles. The van der Waals surface area contributed by atoms with Crippen LogP contribution in [0.3, 0.4) is 0 Å². The van der Waals surface area contributed by atoms with Crippen molar-refractivity contribution in [2.24, 2.45) is 0 Å². The van der Waals surface area contributed by atoms with Crippen LogP contribution in [0.15, 0.2) is 12.1 Å². The van der Waals surface area contributed by atoms with Crippen molar-refractivity contribution < 1.29 is 19.3 Å². The van der Waals surface area contributed by atoms with Crippen molar-refractivity contribution in [1.82, 2.24) is 0 Å². The summed E-state index contributed by atoms with van der Waals surface area (Å²) in [5, 5.41) is 21.4. The van der Waals surface area contributed by atoms with Gasteiger partial charge in [0.1, 0.15) is 5.60 Å². The molecule has 0 fully saturated rings. The number of rotatable bonds is 6. The van der Waals surface area contributed by atoms with Crippen LogP contribution in [0, 0.1) is 5.82 Å². The lowest BCUT2D eigenvalue weighted by Crippen LogP contribution is -2.37. The minimum absolute atomic E-state index is 0.0882. The molecular formula is C12H19FN2O3. The van der Waals surface area contributed by atoms with Crippen LogP contribution >= 0.6 is 0 Å². The quantitative estimate of drug-likeness (QED) is 0.571. The lowest BCUT2D eigenvalue weighted by atomic mass is 10.1. The Kier molecular flexibility index (Phi) is 4.75. The fraction of sp³-hybridized carbons (Fsp3) is 0.500. The van der Waals surface area contributed by atoms with E-state index in [1.807, 2.05) is 0 Å². The summed E-state index contributed by atoms with van der Waals surface area (Å²) in [7, 11) is 0. The molecule has 1 aromatic rings. The van der Waals surface area contributed by atoms with Gasteiger partial charge in [-0.3, -0.25) is 0 Å². The summed E-state index contributed by atoms with van der Waals surface area (Å²) in [5.41, 5.74) is 5.05. The van der Waals surface area contributed by atoms with Crippen molar-refractivity contribution in [3.8, 4) is 5.75 Å². The molecule has 1 unspecified atom stereocenters. The average Bonchev–Trinajstić information content (AvgIpc) is 2.31. The first-order valence-corrected chi connectivity index (χ1v) is 5.68. The molecule has 102 valence electrons. The Labute approximate surface area is 105 Å². The lowest BCUT2D eigenvalue weighted by molar-refractivity contribution is 0.0132. The fourth-order valence-electron chi connectivity index (χ4n) is 1.33. The summed E-state index contributed by atoms with van der Waals surface area (Å²) in [4.78, 5) is 0. The van der Waals surface area contributed by atoms with Gasteiger partial charge in [0.2, 0.25) is 0 Å². The smallest absolute Gasteiger partial charge is 0.167 e. The van der Waals surface area contributed by atoms with Gasteiger partial charge >= 0.3 is 0 Å². The van der Waals surface area contributed by atoms with Crippen LogP contribution in [0.5, 0.6) is 5.75 Å². The van der Waals surface area contributed by atoms with Crippen LogP contribution in [0.1, 0.15) is 13.8 Å². The number of hydrogen-bond donors (Lipinski definition) is 4. The number of halogens is 1. The van der Waals surface area contributed by atoms with Crippen molar-refractivity contribution in [2.45, 2.75) is 19.4 Å². The monoisotopic (exact) mass is 258 g/mol. The number of hydrogen-bond acceptors (Lipinski definition) is 5. The van der Waals surface area contributed by atoms with Gasteiger partial charge in [-0.25, -0.2) is 4.39 Å². The number of nitrogens with one attached hydrogen (secondary N) is 1. The summed E-state index contributed by atoms with van der Waals surface area (Å²) in [6.07, 6.45) is 0. The van der Waals surface area contributed by atoms with E-state index >= 15 is 0 Å². The normalized spacial score (nSPS) is 14.1. The van der Waals surface area contributed by atoms with E-state index in [0.717, 1.165) is 6.07 Å². The van der Waals surface area contributed by atoms with Crippen molar-refractivity contribution in [2.75, 3.05) is 30.8 Å². The maximum atomic E-state index is 13.4. The Hall–Kier alpha value is -1.53. The topological polar surface area (TPSA) is 87.7 Å². The Balaban J connectivity index is 2.85. The molecule has 0 aliphatic rings. The first-order chi connectivity index (χ1) is 8.39. The maximum Gasteiger partial charge on any atom is 0.167 e. The number of benzene rings is 1. The minimum Gasteiger partial charge on any atom is -0.491 e. The van der Waals surface area contributed by atoms with Gasteiger partial charge in [0, 0.05) is 18.7 Å². The lowest BCUT2D eigenvalue weighted by Gasteiger charge is -2.22. The highest BCUT2D eigenvalue weighted by atomic mass is 19.1. The molecule has 6 heteroatoms. The molecule has 0 heterocycles. The van der Waals surface area contributed by atoms with Crippen LogP contribution in [0.2, 0.25) is 0 Å². The van der Waals surface area contributed by atoms with E-state index in [1.165, 1.54) is 13.0 Å². The predicted molar refractivity (Wildman–Crippen MR) is 68.2 cm³/mol. The van der Waals surface area contributed by atoms with Gasteiger partial charge in [-0.05, 0) is 13.8 Å². The van der Waals surface area contributed by atoms with Gasteiger partial charge in [0.05, 0.1) is 24.6 Å². The zero-order chi connectivity index (χ0) is 13.8. The highest BCUT2D eigenvalue weighted by Gasteiger charge is 2.19. The molecule has 18 heavy (non-hydrogen) atoms. The van der Waals surface area contributed by atoms with Crippen molar-refractivity contribution in [3.63, 3.8) is 0 Å². The molecule has 0 saturated heterocycles. The highest BCUT2D eigenvalue weighted by Crippen LogP contribution is 2.28. The average molecular weight is 258 g/mol. The third-order valence-electron chi connectivity index (χ3n) is 2.40. The standard InChI is InChI=1S/C12H19FN2O3/c1-3-18-11-5-10(9(14)4-8(11)13)15-6-12(2,17)7-16/h4-5,15-17H,3,6-7,14H2,1-2H3. The number of nitrogen functional groups attached to an aromatic ring is 1. The summed E-state index contributed by atoms with van der Waals surface area (Å²) >= 11 is 0. The van der Waals surface area contributed by atoms with Gasteiger partial charge in [-0.2, -0.15) is 0 Å². The second-order valence-corrected chi connectivity index (χ2v) is 4.31. The molecule has 0 radical (unpaired) electrons. The van der Waals surface area contributed by atoms with Crippen molar-refractivity contribution >= 4 is 11.4 Å². The minimum atomic E-state index is -1.27. The molecule has 0 saturated carbocycles. The first kappa shape index (κ1) is 14.5. The summed E-state index contributed by atoms with van der Waals surface area (Å²) in [6.45, 7) is 3.27. The van der Waals surface area contributed by atoms with Gasteiger partial charge < -0.3 is 26.0 Å². The predicted octanol–water partition coefficient (Wildman–Crippen LogP) is 0.962. The van der Waals surface area contributed by atoms with Gasteiger partial charge in [0.15, 0.2) is 11.6 Å². The van der Waals surface area contributed by atoms with Crippen LogP contribution in [-0.4, -0.2) is 35.6 Å². The molecule has 0 bridgehead atoms. The molecule has 0 aliphatic carbocycles. The molecule has 5 nitrogen and oxygen atoms in total. The van der Waals surface area contributed by atoms with E-state index in [9.17, 15) is 9.50 Å². The summed E-state index contributed by atoms with van der Waals surface area (Å²) < 4.78 is 18.5. The zero-order valence-corrected chi connectivity index (χ0v) is 10.5. The number of ether oxygens (including phenoxy) is 1. The number of nitrogens with two attached hydrogens (primary N) is 1. The molecule has 0 amide bonds. The van der Waals surface area contributed by atoms with E-state index in [4.69, 9.17) is 15.6 Å².